The van der Waals surface area contributed by atoms with Gasteiger partial charge in [0.25, 0.3) is 11.8 Å². The summed E-state index contributed by atoms with van der Waals surface area (Å²) in [5, 5.41) is 4.22. The maximum atomic E-state index is 13.7. The maximum absolute atomic E-state index is 13.7. The molecule has 0 spiro atoms. The average Bonchev–Trinajstić information content (AvgIpc) is 2.76. The summed E-state index contributed by atoms with van der Waals surface area (Å²) in [6.45, 7) is 6.08. The van der Waals surface area contributed by atoms with E-state index in [9.17, 15) is 13.6 Å². The quantitative estimate of drug-likeness (QED) is 0.836. The Kier molecular flexibility index (Phi) is 2.72. The monoisotopic (exact) mass is 283 g/mol. The van der Waals surface area contributed by atoms with Crippen molar-refractivity contribution in [3.63, 3.8) is 0 Å². The maximum Gasteiger partial charge on any atom is 0.274 e. The molecule has 1 aliphatic heterocycles. The van der Waals surface area contributed by atoms with Crippen molar-refractivity contribution in [3.8, 4) is 0 Å². The third-order valence-electron chi connectivity index (χ3n) is 4.83. The van der Waals surface area contributed by atoms with E-state index in [4.69, 9.17) is 0 Å². The van der Waals surface area contributed by atoms with Gasteiger partial charge in [-0.1, -0.05) is 6.92 Å². The molecular weight excluding hydrogens is 264 g/mol. The molecule has 2 fully saturated rings. The first-order chi connectivity index (χ1) is 9.27. The lowest BCUT2D eigenvalue weighted by atomic mass is 9.97. The fourth-order valence-corrected chi connectivity index (χ4v) is 3.10. The SMILES string of the molecule is CC(C)n1ccc(C(=O)N2CC[C@@]3(C)[C@@H](C2)C3(F)F)n1. The van der Waals surface area contributed by atoms with Gasteiger partial charge >= 0.3 is 0 Å². The van der Waals surface area contributed by atoms with E-state index in [1.807, 2.05) is 13.8 Å². The number of carbonyl (C=O) groups is 1. The molecule has 20 heavy (non-hydrogen) atoms. The van der Waals surface area contributed by atoms with E-state index in [0.29, 0.717) is 18.7 Å². The van der Waals surface area contributed by atoms with Crippen LogP contribution in [0.1, 0.15) is 43.7 Å². The van der Waals surface area contributed by atoms with Crippen LogP contribution in [-0.4, -0.2) is 39.6 Å². The lowest BCUT2D eigenvalue weighted by Crippen LogP contribution is -2.39. The average molecular weight is 283 g/mol. The van der Waals surface area contributed by atoms with Crippen LogP contribution in [0.5, 0.6) is 0 Å². The van der Waals surface area contributed by atoms with Gasteiger partial charge in [-0.25, -0.2) is 8.78 Å². The molecule has 1 aromatic heterocycles. The van der Waals surface area contributed by atoms with E-state index in [1.54, 1.807) is 23.9 Å². The Labute approximate surface area is 116 Å². The molecule has 0 aromatic carbocycles. The first-order valence-corrected chi connectivity index (χ1v) is 6.99. The lowest BCUT2D eigenvalue weighted by Gasteiger charge is -2.27. The van der Waals surface area contributed by atoms with Gasteiger partial charge in [-0.15, -0.1) is 0 Å². The topological polar surface area (TPSA) is 38.1 Å². The van der Waals surface area contributed by atoms with E-state index in [0.717, 1.165) is 0 Å². The predicted octanol–water partition coefficient (Wildman–Crippen LogP) is 2.58. The molecule has 0 N–H and O–H groups in total. The van der Waals surface area contributed by atoms with E-state index in [1.165, 1.54) is 4.90 Å². The standard InChI is InChI=1S/C14H19F2N3O/c1-9(2)19-6-4-10(17-19)12(20)18-7-5-13(3)11(8-18)14(13,15)16/h4,6,9,11H,5,7-8H2,1-3H3/t11-,13+/m1/s1. The molecule has 3 rings (SSSR count). The van der Waals surface area contributed by atoms with Crippen LogP contribution in [0.3, 0.4) is 0 Å². The highest BCUT2D eigenvalue weighted by atomic mass is 19.3. The fraction of sp³-hybridized carbons (Fsp3) is 0.714. The van der Waals surface area contributed by atoms with E-state index < -0.39 is 17.3 Å². The Balaban J connectivity index is 1.73. The molecule has 110 valence electrons. The van der Waals surface area contributed by atoms with Crippen LogP contribution in [0.15, 0.2) is 12.3 Å². The zero-order valence-corrected chi connectivity index (χ0v) is 11.9. The van der Waals surface area contributed by atoms with Crippen molar-refractivity contribution in [1.82, 2.24) is 14.7 Å². The van der Waals surface area contributed by atoms with Gasteiger partial charge in [0.2, 0.25) is 0 Å². The fourth-order valence-electron chi connectivity index (χ4n) is 3.10. The first-order valence-electron chi connectivity index (χ1n) is 6.99. The van der Waals surface area contributed by atoms with E-state index >= 15 is 0 Å². The molecule has 0 radical (unpaired) electrons. The van der Waals surface area contributed by atoms with Crippen LogP contribution >= 0.6 is 0 Å². The van der Waals surface area contributed by atoms with Crippen LogP contribution in [0, 0.1) is 11.3 Å². The molecule has 2 aliphatic rings. The zero-order chi connectivity index (χ0) is 14.7. The summed E-state index contributed by atoms with van der Waals surface area (Å²) in [6.07, 6.45) is 2.11. The highest BCUT2D eigenvalue weighted by Gasteiger charge is 2.78. The van der Waals surface area contributed by atoms with Crippen LogP contribution in [-0.2, 0) is 0 Å². The third kappa shape index (κ3) is 1.70. The summed E-state index contributed by atoms with van der Waals surface area (Å²) >= 11 is 0. The van der Waals surface area contributed by atoms with Crippen LogP contribution in [0.25, 0.3) is 0 Å². The molecule has 2 atom stereocenters. The van der Waals surface area contributed by atoms with Gasteiger partial charge in [0.15, 0.2) is 0 Å². The predicted molar refractivity (Wildman–Crippen MR) is 69.7 cm³/mol. The molecule has 2 heterocycles. The minimum absolute atomic E-state index is 0.136. The summed E-state index contributed by atoms with van der Waals surface area (Å²) in [6, 6.07) is 1.83. The molecule has 4 nitrogen and oxygen atoms in total. The van der Waals surface area contributed by atoms with E-state index in [2.05, 4.69) is 5.10 Å². The molecule has 1 saturated heterocycles. The Morgan fingerprint density at radius 3 is 2.75 bits per heavy atom. The smallest absolute Gasteiger partial charge is 0.274 e. The number of hydrogen-bond donors (Lipinski definition) is 0. The molecule has 6 heteroatoms. The largest absolute Gasteiger partial charge is 0.337 e. The minimum Gasteiger partial charge on any atom is -0.337 e. The number of aromatic nitrogens is 2. The highest BCUT2D eigenvalue weighted by molar-refractivity contribution is 5.92. The number of halogens is 2. The van der Waals surface area contributed by atoms with Gasteiger partial charge < -0.3 is 4.90 Å². The van der Waals surface area contributed by atoms with Gasteiger partial charge in [-0.05, 0) is 26.3 Å². The number of amides is 1. The van der Waals surface area contributed by atoms with Crippen molar-refractivity contribution < 1.29 is 13.6 Å². The molecule has 1 amide bonds. The summed E-state index contributed by atoms with van der Waals surface area (Å²) in [5.74, 6) is -3.56. The van der Waals surface area contributed by atoms with Crippen molar-refractivity contribution in [3.05, 3.63) is 18.0 Å². The van der Waals surface area contributed by atoms with Crippen LogP contribution < -0.4 is 0 Å². The summed E-state index contributed by atoms with van der Waals surface area (Å²) < 4.78 is 29.1. The Hall–Kier alpha value is -1.46. The van der Waals surface area contributed by atoms with Crippen molar-refractivity contribution >= 4 is 5.91 Å². The number of hydrogen-bond acceptors (Lipinski definition) is 2. The van der Waals surface area contributed by atoms with Gasteiger partial charge in [0.05, 0.1) is 5.92 Å². The Morgan fingerprint density at radius 2 is 2.20 bits per heavy atom. The van der Waals surface area contributed by atoms with Crippen molar-refractivity contribution in [1.29, 1.82) is 0 Å². The Bertz CT molecular complexity index is 554. The second kappa shape index (κ2) is 4.02. The second-order valence-electron chi connectivity index (χ2n) is 6.37. The van der Waals surface area contributed by atoms with Crippen LogP contribution in [0.4, 0.5) is 8.78 Å². The number of likely N-dealkylation sites (tertiary alicyclic amines) is 1. The summed E-state index contributed by atoms with van der Waals surface area (Å²) in [5.41, 5.74) is -0.563. The normalized spacial score (nSPS) is 31.3. The molecule has 1 aliphatic carbocycles. The number of alkyl halides is 2. The Morgan fingerprint density at radius 1 is 1.50 bits per heavy atom. The molecule has 0 unspecified atom stereocenters. The van der Waals surface area contributed by atoms with Crippen molar-refractivity contribution in [2.45, 2.75) is 39.2 Å². The van der Waals surface area contributed by atoms with Crippen LogP contribution in [0.2, 0.25) is 0 Å². The number of fused-ring (bicyclic) bond motifs is 1. The molecular formula is C14H19F2N3O. The van der Waals surface area contributed by atoms with Crippen molar-refractivity contribution in [2.24, 2.45) is 11.3 Å². The number of nitrogens with zero attached hydrogens (tertiary/aromatic N) is 3. The summed E-state index contributed by atoms with van der Waals surface area (Å²) in [4.78, 5) is 13.8. The van der Waals surface area contributed by atoms with E-state index in [-0.39, 0.29) is 18.5 Å². The number of rotatable bonds is 2. The lowest BCUT2D eigenvalue weighted by molar-refractivity contribution is 0.0635. The van der Waals surface area contributed by atoms with Gasteiger partial charge in [0, 0.05) is 30.7 Å². The second-order valence-corrected chi connectivity index (χ2v) is 6.37. The summed E-state index contributed by atoms with van der Waals surface area (Å²) in [7, 11) is 0. The number of carbonyl (C=O) groups excluding carboxylic acids is 1. The van der Waals surface area contributed by atoms with Gasteiger partial charge in [0.1, 0.15) is 5.69 Å². The van der Waals surface area contributed by atoms with Crippen molar-refractivity contribution in [2.75, 3.05) is 13.1 Å². The van der Waals surface area contributed by atoms with Gasteiger partial charge in [-0.2, -0.15) is 5.10 Å². The first kappa shape index (κ1) is 13.5. The highest BCUT2D eigenvalue weighted by Crippen LogP contribution is 2.69. The molecule has 0 bridgehead atoms. The van der Waals surface area contributed by atoms with Gasteiger partial charge in [-0.3, -0.25) is 9.48 Å². The third-order valence-corrected chi connectivity index (χ3v) is 4.83. The molecule has 1 aromatic rings. The number of piperidine rings is 1. The minimum atomic E-state index is -2.63. The molecule has 1 saturated carbocycles. The zero-order valence-electron chi connectivity index (χ0n) is 11.9.